The molecule has 112 valence electrons. The molecule has 1 fully saturated rings. The Morgan fingerprint density at radius 2 is 1.90 bits per heavy atom. The fourth-order valence-corrected chi connectivity index (χ4v) is 4.06. The maximum Gasteiger partial charge on any atom is 0.245 e. The number of benzene rings is 1. The Hall–Kier alpha value is -1.11. The lowest BCUT2D eigenvalue weighted by atomic mass is 10.1. The van der Waals surface area contributed by atoms with Crippen LogP contribution in [0.2, 0.25) is 0 Å². The molecule has 0 bridgehead atoms. The van der Waals surface area contributed by atoms with Gasteiger partial charge >= 0.3 is 0 Å². The summed E-state index contributed by atoms with van der Waals surface area (Å²) in [5.41, 5.74) is 8.17. The predicted molar refractivity (Wildman–Crippen MR) is 79.1 cm³/mol. The van der Waals surface area contributed by atoms with Gasteiger partial charge in [0.2, 0.25) is 10.0 Å². The number of aryl methyl sites for hydroxylation is 2. The van der Waals surface area contributed by atoms with Crippen LogP contribution in [0.1, 0.15) is 24.0 Å². The molecule has 1 aromatic rings. The highest BCUT2D eigenvalue weighted by Gasteiger charge is 2.38. The monoisotopic (exact) mass is 298 g/mol. The molecule has 1 aromatic carbocycles. The molecule has 0 saturated heterocycles. The SMILES string of the molecule is COCCN(C1CC1)S(=O)(=O)c1cc(C)c(C)cc1N. The second kappa shape index (κ2) is 5.71. The number of nitrogens with zero attached hydrogens (tertiary/aromatic N) is 1. The van der Waals surface area contributed by atoms with E-state index in [-0.39, 0.29) is 10.9 Å². The topological polar surface area (TPSA) is 72.6 Å². The Labute approximate surface area is 120 Å². The second-order valence-electron chi connectivity index (χ2n) is 5.31. The molecule has 0 radical (unpaired) electrons. The highest BCUT2D eigenvalue weighted by atomic mass is 32.2. The minimum atomic E-state index is -3.55. The molecular weight excluding hydrogens is 276 g/mol. The third-order valence-electron chi connectivity index (χ3n) is 3.68. The van der Waals surface area contributed by atoms with Crippen molar-refractivity contribution in [1.29, 1.82) is 0 Å². The molecule has 5 nitrogen and oxygen atoms in total. The summed E-state index contributed by atoms with van der Waals surface area (Å²) in [7, 11) is -1.98. The van der Waals surface area contributed by atoms with Gasteiger partial charge in [0.25, 0.3) is 0 Å². The first-order valence-corrected chi connectivity index (χ1v) is 8.19. The van der Waals surface area contributed by atoms with Gasteiger partial charge in [-0.2, -0.15) is 4.31 Å². The Morgan fingerprint density at radius 1 is 1.30 bits per heavy atom. The van der Waals surface area contributed by atoms with E-state index in [1.54, 1.807) is 19.2 Å². The maximum atomic E-state index is 12.8. The summed E-state index contributed by atoms with van der Waals surface area (Å²) < 4.78 is 32.1. The molecule has 0 spiro atoms. The van der Waals surface area contributed by atoms with Crippen molar-refractivity contribution in [3.8, 4) is 0 Å². The van der Waals surface area contributed by atoms with Crippen LogP contribution in [0.4, 0.5) is 5.69 Å². The van der Waals surface area contributed by atoms with Crippen molar-refractivity contribution in [2.75, 3.05) is 26.0 Å². The number of sulfonamides is 1. The third-order valence-corrected chi connectivity index (χ3v) is 5.69. The molecule has 0 amide bonds. The molecule has 1 aliphatic carbocycles. The number of anilines is 1. The molecule has 20 heavy (non-hydrogen) atoms. The smallest absolute Gasteiger partial charge is 0.245 e. The molecule has 2 rings (SSSR count). The van der Waals surface area contributed by atoms with Crippen LogP contribution in [0.25, 0.3) is 0 Å². The van der Waals surface area contributed by atoms with Crippen molar-refractivity contribution >= 4 is 15.7 Å². The number of rotatable bonds is 6. The molecule has 0 heterocycles. The molecular formula is C14H22N2O3S. The lowest BCUT2D eigenvalue weighted by Crippen LogP contribution is -2.36. The molecule has 0 unspecified atom stereocenters. The van der Waals surface area contributed by atoms with Gasteiger partial charge in [-0.15, -0.1) is 0 Å². The van der Waals surface area contributed by atoms with E-state index in [1.165, 1.54) is 4.31 Å². The van der Waals surface area contributed by atoms with Crippen molar-refractivity contribution in [3.05, 3.63) is 23.3 Å². The Bertz CT molecular complexity index is 595. The van der Waals surface area contributed by atoms with Gasteiger partial charge in [-0.25, -0.2) is 8.42 Å². The Morgan fingerprint density at radius 3 is 2.45 bits per heavy atom. The lowest BCUT2D eigenvalue weighted by Gasteiger charge is -2.23. The highest BCUT2D eigenvalue weighted by molar-refractivity contribution is 7.89. The summed E-state index contributed by atoms with van der Waals surface area (Å²) in [5, 5.41) is 0. The van der Waals surface area contributed by atoms with Crippen LogP contribution in [-0.2, 0) is 14.8 Å². The number of hydrogen-bond acceptors (Lipinski definition) is 4. The molecule has 0 aliphatic heterocycles. The van der Waals surface area contributed by atoms with Crippen LogP contribution in [0.3, 0.4) is 0 Å². The summed E-state index contributed by atoms with van der Waals surface area (Å²) in [5.74, 6) is 0. The number of nitrogen functional groups attached to an aromatic ring is 1. The number of nitrogens with two attached hydrogens (primary N) is 1. The summed E-state index contributed by atoms with van der Waals surface area (Å²) in [4.78, 5) is 0.212. The van der Waals surface area contributed by atoms with E-state index in [2.05, 4.69) is 0 Å². The summed E-state index contributed by atoms with van der Waals surface area (Å²) >= 11 is 0. The zero-order valence-electron chi connectivity index (χ0n) is 12.2. The molecule has 1 aliphatic rings. The van der Waals surface area contributed by atoms with E-state index in [9.17, 15) is 8.42 Å². The predicted octanol–water partition coefficient (Wildman–Crippen LogP) is 1.69. The van der Waals surface area contributed by atoms with E-state index in [4.69, 9.17) is 10.5 Å². The van der Waals surface area contributed by atoms with Crippen LogP contribution >= 0.6 is 0 Å². The van der Waals surface area contributed by atoms with Gasteiger partial charge in [0.15, 0.2) is 0 Å². The Balaban J connectivity index is 2.39. The number of hydrogen-bond donors (Lipinski definition) is 1. The van der Waals surface area contributed by atoms with Gasteiger partial charge in [-0.1, -0.05) is 0 Å². The van der Waals surface area contributed by atoms with E-state index < -0.39 is 10.0 Å². The third kappa shape index (κ3) is 2.97. The largest absolute Gasteiger partial charge is 0.398 e. The highest BCUT2D eigenvalue weighted by Crippen LogP contribution is 2.34. The van der Waals surface area contributed by atoms with Crippen LogP contribution < -0.4 is 5.73 Å². The molecule has 1 saturated carbocycles. The maximum absolute atomic E-state index is 12.8. The van der Waals surface area contributed by atoms with E-state index in [0.717, 1.165) is 24.0 Å². The fraction of sp³-hybridized carbons (Fsp3) is 0.571. The average molecular weight is 298 g/mol. The van der Waals surface area contributed by atoms with Crippen LogP contribution in [0.15, 0.2) is 17.0 Å². The minimum absolute atomic E-state index is 0.0937. The van der Waals surface area contributed by atoms with E-state index in [1.807, 2.05) is 13.8 Å². The number of ether oxygens (including phenoxy) is 1. The van der Waals surface area contributed by atoms with Crippen molar-refractivity contribution in [3.63, 3.8) is 0 Å². The lowest BCUT2D eigenvalue weighted by molar-refractivity contribution is 0.177. The van der Waals surface area contributed by atoms with E-state index >= 15 is 0 Å². The first-order valence-electron chi connectivity index (χ1n) is 6.75. The van der Waals surface area contributed by atoms with Crippen LogP contribution in [0.5, 0.6) is 0 Å². The van der Waals surface area contributed by atoms with Crippen molar-refractivity contribution in [1.82, 2.24) is 4.31 Å². The number of methoxy groups -OCH3 is 1. The van der Waals surface area contributed by atoms with Crippen LogP contribution in [-0.4, -0.2) is 39.0 Å². The average Bonchev–Trinajstić information content (AvgIpc) is 3.18. The van der Waals surface area contributed by atoms with Crippen molar-refractivity contribution < 1.29 is 13.2 Å². The first-order chi connectivity index (χ1) is 9.37. The van der Waals surface area contributed by atoms with Crippen molar-refractivity contribution in [2.24, 2.45) is 0 Å². The molecule has 0 atom stereocenters. The van der Waals surface area contributed by atoms with Gasteiger partial charge in [-0.05, 0) is 49.9 Å². The van der Waals surface area contributed by atoms with E-state index in [0.29, 0.717) is 18.8 Å². The van der Waals surface area contributed by atoms with Crippen LogP contribution in [0, 0.1) is 13.8 Å². The van der Waals surface area contributed by atoms with Crippen molar-refractivity contribution in [2.45, 2.75) is 37.6 Å². The van der Waals surface area contributed by atoms with Gasteiger partial charge in [0.05, 0.1) is 12.3 Å². The first kappa shape index (κ1) is 15.3. The summed E-state index contributed by atoms with van der Waals surface area (Å²) in [6.45, 7) is 4.58. The van der Waals surface area contributed by atoms with Gasteiger partial charge in [0.1, 0.15) is 4.90 Å². The molecule has 0 aromatic heterocycles. The van der Waals surface area contributed by atoms with Gasteiger partial charge in [0, 0.05) is 19.7 Å². The molecule has 6 heteroatoms. The second-order valence-corrected chi connectivity index (χ2v) is 7.17. The quantitative estimate of drug-likeness (QED) is 0.811. The molecule has 2 N–H and O–H groups in total. The zero-order valence-corrected chi connectivity index (χ0v) is 13.0. The summed E-state index contributed by atoms with van der Waals surface area (Å²) in [6.07, 6.45) is 1.82. The zero-order chi connectivity index (χ0) is 14.9. The summed E-state index contributed by atoms with van der Waals surface area (Å²) in [6, 6.07) is 3.49. The van der Waals surface area contributed by atoms with Gasteiger partial charge < -0.3 is 10.5 Å². The standard InChI is InChI=1S/C14H22N2O3S/c1-10-8-13(15)14(9-11(10)2)20(17,18)16(6-7-19-3)12-4-5-12/h8-9,12H,4-7,15H2,1-3H3. The normalized spacial score (nSPS) is 15.8. The fourth-order valence-electron chi connectivity index (χ4n) is 2.20. The Kier molecular flexibility index (Phi) is 4.36. The minimum Gasteiger partial charge on any atom is -0.398 e. The van der Waals surface area contributed by atoms with Gasteiger partial charge in [-0.3, -0.25) is 0 Å².